The fourth-order valence-electron chi connectivity index (χ4n) is 3.29. The number of rotatable bonds is 5. The molecule has 4 nitrogen and oxygen atoms in total. The molecule has 4 heteroatoms. The number of carbonyl (C=O) groups excluding carboxylic acids is 2. The Morgan fingerprint density at radius 3 is 2.46 bits per heavy atom. The third-order valence-corrected chi connectivity index (χ3v) is 4.81. The van der Waals surface area contributed by atoms with Crippen molar-refractivity contribution >= 4 is 17.5 Å². The zero-order chi connectivity index (χ0) is 17.7. The molecule has 0 saturated carbocycles. The van der Waals surface area contributed by atoms with Gasteiger partial charge in [-0.25, -0.2) is 0 Å². The predicted molar refractivity (Wildman–Crippen MR) is 98.2 cm³/mol. The first-order chi connectivity index (χ1) is 11.4. The number of hydrogen-bond acceptors (Lipinski definition) is 2. The van der Waals surface area contributed by atoms with Crippen LogP contribution >= 0.6 is 0 Å². The maximum absolute atomic E-state index is 12.4. The Balaban J connectivity index is 1.98. The number of hydrogen-bond donors (Lipinski definition) is 0. The summed E-state index contributed by atoms with van der Waals surface area (Å²) < 4.78 is 0. The summed E-state index contributed by atoms with van der Waals surface area (Å²) in [6.07, 6.45) is 2.67. The van der Waals surface area contributed by atoms with E-state index in [4.69, 9.17) is 0 Å². The molecule has 0 aliphatic carbocycles. The van der Waals surface area contributed by atoms with E-state index in [0.717, 1.165) is 25.2 Å². The fourth-order valence-corrected chi connectivity index (χ4v) is 3.29. The van der Waals surface area contributed by atoms with Gasteiger partial charge in [0, 0.05) is 38.7 Å². The van der Waals surface area contributed by atoms with Gasteiger partial charge < -0.3 is 9.80 Å². The van der Waals surface area contributed by atoms with Gasteiger partial charge in [-0.1, -0.05) is 32.9 Å². The van der Waals surface area contributed by atoms with Crippen LogP contribution in [-0.4, -0.2) is 36.3 Å². The first-order valence-corrected chi connectivity index (χ1v) is 9.04. The van der Waals surface area contributed by atoms with Crippen LogP contribution in [0.2, 0.25) is 0 Å². The van der Waals surface area contributed by atoms with Crippen LogP contribution in [0.5, 0.6) is 0 Å². The average Bonchev–Trinajstić information content (AvgIpc) is 2.55. The highest BCUT2D eigenvalue weighted by molar-refractivity contribution is 5.92. The molecule has 0 N–H and O–H groups in total. The van der Waals surface area contributed by atoms with Gasteiger partial charge in [0.2, 0.25) is 11.8 Å². The summed E-state index contributed by atoms with van der Waals surface area (Å²) in [6.45, 7) is 10.2. The van der Waals surface area contributed by atoms with E-state index in [2.05, 4.69) is 32.9 Å². The number of piperidine rings is 1. The van der Waals surface area contributed by atoms with Crippen LogP contribution in [0.3, 0.4) is 0 Å². The summed E-state index contributed by atoms with van der Waals surface area (Å²) in [7, 11) is 0. The molecular formula is C20H30N2O2. The highest BCUT2D eigenvalue weighted by Crippen LogP contribution is 2.21. The van der Waals surface area contributed by atoms with Crippen molar-refractivity contribution in [2.24, 2.45) is 5.92 Å². The molecular weight excluding hydrogens is 300 g/mol. The van der Waals surface area contributed by atoms with Crippen molar-refractivity contribution in [2.45, 2.75) is 52.9 Å². The first-order valence-electron chi connectivity index (χ1n) is 9.04. The van der Waals surface area contributed by atoms with Crippen LogP contribution in [0.15, 0.2) is 24.3 Å². The van der Waals surface area contributed by atoms with Gasteiger partial charge in [0.05, 0.1) is 0 Å². The summed E-state index contributed by atoms with van der Waals surface area (Å²) in [6, 6.07) is 8.07. The molecule has 1 saturated heterocycles. The fraction of sp³-hybridized carbons (Fsp3) is 0.600. The summed E-state index contributed by atoms with van der Waals surface area (Å²) in [5.41, 5.74) is 2.12. The van der Waals surface area contributed by atoms with Crippen LogP contribution < -0.4 is 4.90 Å². The lowest BCUT2D eigenvalue weighted by molar-refractivity contribution is -0.132. The minimum atomic E-state index is -0.0212. The highest BCUT2D eigenvalue weighted by Gasteiger charge is 2.22. The Morgan fingerprint density at radius 1 is 1.25 bits per heavy atom. The third kappa shape index (κ3) is 4.83. The predicted octanol–water partition coefficient (Wildman–Crippen LogP) is 3.81. The van der Waals surface area contributed by atoms with Gasteiger partial charge in [-0.05, 0) is 42.4 Å². The monoisotopic (exact) mass is 330 g/mol. The smallest absolute Gasteiger partial charge is 0.224 e. The second kappa shape index (κ2) is 8.32. The lowest BCUT2D eigenvalue weighted by Gasteiger charge is -2.31. The number of carbonyl (C=O) groups is 2. The van der Waals surface area contributed by atoms with Gasteiger partial charge >= 0.3 is 0 Å². The summed E-state index contributed by atoms with van der Waals surface area (Å²) >= 11 is 0. The molecule has 0 radical (unpaired) electrons. The van der Waals surface area contributed by atoms with Crippen molar-refractivity contribution in [3.8, 4) is 0 Å². The molecule has 24 heavy (non-hydrogen) atoms. The van der Waals surface area contributed by atoms with Gasteiger partial charge in [-0.2, -0.15) is 0 Å². The molecule has 0 bridgehead atoms. The summed E-state index contributed by atoms with van der Waals surface area (Å²) in [5.74, 6) is 1.18. The molecule has 1 unspecified atom stereocenters. The molecule has 2 rings (SSSR count). The van der Waals surface area contributed by atoms with Crippen LogP contribution in [0.1, 0.15) is 58.4 Å². The minimum absolute atomic E-state index is 0.0212. The molecule has 1 aliphatic rings. The van der Waals surface area contributed by atoms with E-state index in [9.17, 15) is 9.59 Å². The van der Waals surface area contributed by atoms with Crippen molar-refractivity contribution in [3.63, 3.8) is 0 Å². The van der Waals surface area contributed by atoms with Gasteiger partial charge in [-0.15, -0.1) is 0 Å². The Labute approximate surface area is 145 Å². The zero-order valence-corrected chi connectivity index (χ0v) is 15.4. The van der Waals surface area contributed by atoms with Gasteiger partial charge in [-0.3, -0.25) is 9.59 Å². The van der Waals surface area contributed by atoms with Crippen molar-refractivity contribution in [2.75, 3.05) is 24.5 Å². The number of amides is 2. The summed E-state index contributed by atoms with van der Waals surface area (Å²) in [4.78, 5) is 28.1. The maximum Gasteiger partial charge on any atom is 0.224 e. The quantitative estimate of drug-likeness (QED) is 0.823. The summed E-state index contributed by atoms with van der Waals surface area (Å²) in [5, 5.41) is 0. The molecule has 1 atom stereocenters. The number of anilines is 1. The normalized spacial score (nSPS) is 17.9. The van der Waals surface area contributed by atoms with E-state index in [0.29, 0.717) is 24.8 Å². The van der Waals surface area contributed by atoms with E-state index in [1.54, 1.807) is 11.8 Å². The van der Waals surface area contributed by atoms with E-state index >= 15 is 0 Å². The standard InChI is InChI=1S/C20H30N2O2/c1-15(2)18-7-9-19(10-8-18)22(17(4)23)13-11-20(24)21-12-5-6-16(3)14-21/h7-10,15-16H,5-6,11-14H2,1-4H3. The number of nitrogens with zero attached hydrogens (tertiary/aromatic N) is 2. The Hall–Kier alpha value is -1.84. The third-order valence-electron chi connectivity index (χ3n) is 4.81. The largest absolute Gasteiger partial charge is 0.342 e. The van der Waals surface area contributed by atoms with Gasteiger partial charge in [0.1, 0.15) is 0 Å². The van der Waals surface area contributed by atoms with Gasteiger partial charge in [0.15, 0.2) is 0 Å². The molecule has 2 amide bonds. The zero-order valence-electron chi connectivity index (χ0n) is 15.4. The molecule has 0 spiro atoms. The maximum atomic E-state index is 12.4. The lowest BCUT2D eigenvalue weighted by Crippen LogP contribution is -2.41. The van der Waals surface area contributed by atoms with Crippen LogP contribution in [0, 0.1) is 5.92 Å². The second-order valence-electron chi connectivity index (χ2n) is 7.25. The molecule has 1 fully saturated rings. The number of likely N-dealkylation sites (tertiary alicyclic amines) is 1. The van der Waals surface area contributed by atoms with E-state index in [1.807, 2.05) is 17.0 Å². The van der Waals surface area contributed by atoms with Gasteiger partial charge in [0.25, 0.3) is 0 Å². The highest BCUT2D eigenvalue weighted by atomic mass is 16.2. The Kier molecular flexibility index (Phi) is 6.41. The molecule has 132 valence electrons. The molecule has 0 aromatic heterocycles. The van der Waals surface area contributed by atoms with Crippen LogP contribution in [-0.2, 0) is 9.59 Å². The van der Waals surface area contributed by atoms with Crippen LogP contribution in [0.25, 0.3) is 0 Å². The lowest BCUT2D eigenvalue weighted by atomic mass is 10.00. The average molecular weight is 330 g/mol. The van der Waals surface area contributed by atoms with Crippen molar-refractivity contribution < 1.29 is 9.59 Å². The molecule has 1 heterocycles. The second-order valence-corrected chi connectivity index (χ2v) is 7.25. The Bertz CT molecular complexity index is 566. The van der Waals surface area contributed by atoms with Crippen molar-refractivity contribution in [3.05, 3.63) is 29.8 Å². The number of benzene rings is 1. The minimum Gasteiger partial charge on any atom is -0.342 e. The molecule has 1 aromatic rings. The van der Waals surface area contributed by atoms with Crippen molar-refractivity contribution in [1.82, 2.24) is 4.90 Å². The molecule has 1 aromatic carbocycles. The van der Waals surface area contributed by atoms with Crippen LogP contribution in [0.4, 0.5) is 5.69 Å². The topological polar surface area (TPSA) is 40.6 Å². The van der Waals surface area contributed by atoms with Crippen molar-refractivity contribution in [1.29, 1.82) is 0 Å². The Morgan fingerprint density at radius 2 is 1.92 bits per heavy atom. The SMILES string of the molecule is CC(=O)N(CCC(=O)N1CCCC(C)C1)c1ccc(C(C)C)cc1. The first kappa shape index (κ1) is 18.5. The molecule has 1 aliphatic heterocycles. The van der Waals surface area contributed by atoms with E-state index in [-0.39, 0.29) is 11.8 Å². The van der Waals surface area contributed by atoms with E-state index < -0.39 is 0 Å². The van der Waals surface area contributed by atoms with E-state index in [1.165, 1.54) is 12.0 Å².